The van der Waals surface area contributed by atoms with E-state index >= 15 is 0 Å². The van der Waals surface area contributed by atoms with Crippen LogP contribution in [0.4, 0.5) is 0 Å². The van der Waals surface area contributed by atoms with Crippen molar-refractivity contribution in [2.45, 2.75) is 50.3 Å². The highest BCUT2D eigenvalue weighted by atomic mass is 32.2. The molecule has 7 nitrogen and oxygen atoms in total. The monoisotopic (exact) mass is 314 g/mol. The average molecular weight is 314 g/mol. The van der Waals surface area contributed by atoms with E-state index in [1.807, 2.05) is 6.92 Å². The van der Waals surface area contributed by atoms with Gasteiger partial charge in [-0.1, -0.05) is 26.2 Å². The van der Waals surface area contributed by atoms with Gasteiger partial charge in [-0.05, 0) is 19.3 Å². The number of hydrogen-bond acceptors (Lipinski definition) is 4. The summed E-state index contributed by atoms with van der Waals surface area (Å²) in [7, 11) is -3.98. The van der Waals surface area contributed by atoms with Crippen LogP contribution in [0.5, 0.6) is 0 Å². The quantitative estimate of drug-likeness (QED) is 0.864. The standard InChI is InChI=1S/C13H22N4O3S/c1-2-7-10-12(21(14,19)20)11(16-15-10)13(18)17-8-5-3-4-6-9-17/h2-9H2,1H3,(H,15,16)(H2,14,19,20). The van der Waals surface area contributed by atoms with E-state index in [0.717, 1.165) is 32.1 Å². The van der Waals surface area contributed by atoms with Crippen molar-refractivity contribution < 1.29 is 13.2 Å². The number of aryl methyl sites for hydroxylation is 1. The maximum absolute atomic E-state index is 12.6. The van der Waals surface area contributed by atoms with E-state index in [4.69, 9.17) is 5.14 Å². The van der Waals surface area contributed by atoms with E-state index < -0.39 is 10.0 Å². The minimum atomic E-state index is -3.98. The molecule has 0 aromatic carbocycles. The molecule has 21 heavy (non-hydrogen) atoms. The summed E-state index contributed by atoms with van der Waals surface area (Å²) in [6.07, 6.45) is 5.28. The van der Waals surface area contributed by atoms with Gasteiger partial charge >= 0.3 is 0 Å². The van der Waals surface area contributed by atoms with Gasteiger partial charge < -0.3 is 4.90 Å². The summed E-state index contributed by atoms with van der Waals surface area (Å²) < 4.78 is 23.6. The number of nitrogens with two attached hydrogens (primary N) is 1. The highest BCUT2D eigenvalue weighted by molar-refractivity contribution is 7.89. The Morgan fingerprint density at radius 1 is 1.29 bits per heavy atom. The number of carbonyl (C=O) groups is 1. The minimum absolute atomic E-state index is 0.0668. The maximum Gasteiger partial charge on any atom is 0.275 e. The molecule has 1 fully saturated rings. The van der Waals surface area contributed by atoms with Crippen molar-refractivity contribution in [2.75, 3.05) is 13.1 Å². The van der Waals surface area contributed by atoms with Gasteiger partial charge in [-0.2, -0.15) is 5.10 Å². The lowest BCUT2D eigenvalue weighted by Crippen LogP contribution is -2.33. The van der Waals surface area contributed by atoms with E-state index in [2.05, 4.69) is 10.2 Å². The van der Waals surface area contributed by atoms with Gasteiger partial charge in [0.05, 0.1) is 5.69 Å². The van der Waals surface area contributed by atoms with Crippen LogP contribution in [-0.2, 0) is 16.4 Å². The molecule has 1 aromatic heterocycles. The van der Waals surface area contributed by atoms with Gasteiger partial charge in [0.1, 0.15) is 4.90 Å². The first kappa shape index (κ1) is 16.0. The van der Waals surface area contributed by atoms with Crippen molar-refractivity contribution >= 4 is 15.9 Å². The second-order valence-corrected chi connectivity index (χ2v) is 6.88. The fourth-order valence-corrected chi connectivity index (χ4v) is 3.56. The van der Waals surface area contributed by atoms with E-state index in [1.165, 1.54) is 0 Å². The summed E-state index contributed by atoms with van der Waals surface area (Å²) in [6, 6.07) is 0. The number of carbonyl (C=O) groups excluding carboxylic acids is 1. The smallest absolute Gasteiger partial charge is 0.275 e. The van der Waals surface area contributed by atoms with Gasteiger partial charge in [0, 0.05) is 13.1 Å². The predicted octanol–water partition coefficient (Wildman–Crippen LogP) is 1.03. The van der Waals surface area contributed by atoms with E-state index in [9.17, 15) is 13.2 Å². The lowest BCUT2D eigenvalue weighted by atomic mass is 10.2. The van der Waals surface area contributed by atoms with Crippen molar-refractivity contribution in [3.8, 4) is 0 Å². The summed E-state index contributed by atoms with van der Waals surface area (Å²) in [5, 5.41) is 11.9. The van der Waals surface area contributed by atoms with Crippen LogP contribution >= 0.6 is 0 Å². The van der Waals surface area contributed by atoms with E-state index in [-0.39, 0.29) is 16.5 Å². The predicted molar refractivity (Wildman–Crippen MR) is 78.3 cm³/mol. The molecule has 0 unspecified atom stereocenters. The Morgan fingerprint density at radius 2 is 1.90 bits per heavy atom. The first-order valence-electron chi connectivity index (χ1n) is 7.34. The highest BCUT2D eigenvalue weighted by Crippen LogP contribution is 2.21. The number of hydrogen-bond donors (Lipinski definition) is 2. The maximum atomic E-state index is 12.6. The molecule has 0 atom stereocenters. The van der Waals surface area contributed by atoms with Crippen LogP contribution in [0.2, 0.25) is 0 Å². The summed E-state index contributed by atoms with van der Waals surface area (Å²) >= 11 is 0. The number of primary sulfonamides is 1. The molecule has 1 saturated heterocycles. The molecule has 1 amide bonds. The molecule has 0 saturated carbocycles. The van der Waals surface area contributed by atoms with Gasteiger partial charge in [0.2, 0.25) is 10.0 Å². The van der Waals surface area contributed by atoms with Gasteiger partial charge in [-0.25, -0.2) is 13.6 Å². The Bertz CT molecular complexity index is 601. The molecule has 0 bridgehead atoms. The number of H-pyrrole nitrogens is 1. The molecule has 1 aromatic rings. The zero-order valence-electron chi connectivity index (χ0n) is 12.3. The van der Waals surface area contributed by atoms with Crippen LogP contribution in [0.3, 0.4) is 0 Å². The molecule has 118 valence electrons. The number of aromatic amines is 1. The lowest BCUT2D eigenvalue weighted by molar-refractivity contribution is 0.0752. The second kappa shape index (κ2) is 6.57. The summed E-state index contributed by atoms with van der Waals surface area (Å²) in [6.45, 7) is 3.20. The fourth-order valence-electron chi connectivity index (χ4n) is 2.66. The number of nitrogens with zero attached hydrogens (tertiary/aromatic N) is 2. The van der Waals surface area contributed by atoms with Crippen LogP contribution in [0.1, 0.15) is 55.2 Å². The van der Waals surface area contributed by atoms with Gasteiger partial charge in [-0.3, -0.25) is 9.89 Å². The number of nitrogens with one attached hydrogen (secondary N) is 1. The largest absolute Gasteiger partial charge is 0.337 e. The highest BCUT2D eigenvalue weighted by Gasteiger charge is 2.30. The zero-order valence-corrected chi connectivity index (χ0v) is 13.1. The summed E-state index contributed by atoms with van der Waals surface area (Å²) in [4.78, 5) is 14.1. The van der Waals surface area contributed by atoms with Gasteiger partial charge in [0.15, 0.2) is 5.69 Å². The third kappa shape index (κ3) is 3.62. The third-order valence-corrected chi connectivity index (χ3v) is 4.68. The Hall–Kier alpha value is -1.41. The number of rotatable bonds is 4. The normalized spacial score (nSPS) is 16.8. The van der Waals surface area contributed by atoms with Crippen LogP contribution < -0.4 is 5.14 Å². The number of aromatic nitrogens is 2. The Kier molecular flexibility index (Phi) is 5.00. The first-order chi connectivity index (χ1) is 9.95. The number of likely N-dealkylation sites (tertiary alicyclic amines) is 1. The molecule has 1 aliphatic rings. The molecule has 3 N–H and O–H groups in total. The van der Waals surface area contributed by atoms with Crippen LogP contribution in [0.25, 0.3) is 0 Å². The Morgan fingerprint density at radius 3 is 2.43 bits per heavy atom. The van der Waals surface area contributed by atoms with Crippen molar-refractivity contribution in [3.05, 3.63) is 11.4 Å². The van der Waals surface area contributed by atoms with Gasteiger partial charge in [0.25, 0.3) is 5.91 Å². The number of amides is 1. The third-order valence-electron chi connectivity index (χ3n) is 3.67. The van der Waals surface area contributed by atoms with Crippen molar-refractivity contribution in [1.82, 2.24) is 15.1 Å². The van der Waals surface area contributed by atoms with Crippen LogP contribution in [0, 0.1) is 0 Å². The average Bonchev–Trinajstić information content (AvgIpc) is 2.67. The molecule has 0 radical (unpaired) electrons. The van der Waals surface area contributed by atoms with E-state index in [0.29, 0.717) is 25.2 Å². The summed E-state index contributed by atoms with van der Waals surface area (Å²) in [5.74, 6) is -0.348. The first-order valence-corrected chi connectivity index (χ1v) is 8.89. The molecule has 8 heteroatoms. The molecular weight excluding hydrogens is 292 g/mol. The van der Waals surface area contributed by atoms with Crippen molar-refractivity contribution in [3.63, 3.8) is 0 Å². The topological polar surface area (TPSA) is 109 Å². The molecular formula is C13H22N4O3S. The SMILES string of the molecule is CCCc1[nH]nc(C(=O)N2CCCCCC2)c1S(N)(=O)=O. The van der Waals surface area contributed by atoms with Crippen molar-refractivity contribution in [1.29, 1.82) is 0 Å². The Labute approximate surface area is 124 Å². The molecule has 1 aliphatic heterocycles. The second-order valence-electron chi connectivity index (χ2n) is 5.38. The zero-order chi connectivity index (χ0) is 15.5. The number of sulfonamides is 1. The molecule has 0 spiro atoms. The van der Waals surface area contributed by atoms with Gasteiger partial charge in [-0.15, -0.1) is 0 Å². The van der Waals surface area contributed by atoms with Crippen LogP contribution in [-0.4, -0.2) is 42.5 Å². The fraction of sp³-hybridized carbons (Fsp3) is 0.692. The summed E-state index contributed by atoms with van der Waals surface area (Å²) in [5.41, 5.74) is 0.348. The molecule has 2 rings (SSSR count). The van der Waals surface area contributed by atoms with E-state index in [1.54, 1.807) is 4.90 Å². The molecule has 0 aliphatic carbocycles. The Balaban J connectivity index is 2.36. The minimum Gasteiger partial charge on any atom is -0.337 e. The lowest BCUT2D eigenvalue weighted by Gasteiger charge is -2.19. The van der Waals surface area contributed by atoms with Crippen LogP contribution in [0.15, 0.2) is 4.90 Å². The van der Waals surface area contributed by atoms with Crippen molar-refractivity contribution in [2.24, 2.45) is 5.14 Å². The molecule has 2 heterocycles.